The van der Waals surface area contributed by atoms with Crippen molar-refractivity contribution in [3.8, 4) is 11.5 Å². The van der Waals surface area contributed by atoms with Gasteiger partial charge in [-0.25, -0.2) is 0 Å². The fourth-order valence-corrected chi connectivity index (χ4v) is 1.83. The van der Waals surface area contributed by atoms with Crippen LogP contribution in [0, 0.1) is 5.92 Å². The second-order valence-electron chi connectivity index (χ2n) is 4.49. The van der Waals surface area contributed by atoms with E-state index in [1.54, 1.807) is 7.11 Å². The van der Waals surface area contributed by atoms with E-state index >= 15 is 0 Å². The largest absolute Gasteiger partial charge is 0.497 e. The first-order chi connectivity index (χ1) is 9.17. The van der Waals surface area contributed by atoms with Crippen molar-refractivity contribution in [2.45, 2.75) is 32.6 Å². The molecule has 106 valence electrons. The number of ether oxygens (including phenoxy) is 2. The summed E-state index contributed by atoms with van der Waals surface area (Å²) < 4.78 is 10.6. The minimum absolute atomic E-state index is 0.307. The summed E-state index contributed by atoms with van der Waals surface area (Å²) in [7, 11) is 1.61. The van der Waals surface area contributed by atoms with Gasteiger partial charge in [-0.05, 0) is 37.1 Å². The monoisotopic (exact) mass is 266 g/mol. The number of hydrogen-bond donors (Lipinski definition) is 1. The minimum atomic E-state index is -0.730. The van der Waals surface area contributed by atoms with Gasteiger partial charge in [0.05, 0.1) is 19.6 Å². The molecule has 0 aliphatic carbocycles. The summed E-state index contributed by atoms with van der Waals surface area (Å²) in [4.78, 5) is 11.1. The Morgan fingerprint density at radius 1 is 1.21 bits per heavy atom. The summed E-state index contributed by atoms with van der Waals surface area (Å²) in [6.07, 6.45) is 3.22. The van der Waals surface area contributed by atoms with Gasteiger partial charge in [-0.3, -0.25) is 4.79 Å². The predicted molar refractivity (Wildman–Crippen MR) is 73.8 cm³/mol. The van der Waals surface area contributed by atoms with E-state index in [0.717, 1.165) is 30.8 Å². The second kappa shape index (κ2) is 8.40. The van der Waals surface area contributed by atoms with Crippen molar-refractivity contribution >= 4 is 5.97 Å². The Labute approximate surface area is 114 Å². The van der Waals surface area contributed by atoms with Gasteiger partial charge in [-0.2, -0.15) is 0 Å². The average molecular weight is 266 g/mol. The van der Waals surface area contributed by atoms with Crippen LogP contribution in [0.2, 0.25) is 0 Å². The van der Waals surface area contributed by atoms with Crippen LogP contribution < -0.4 is 9.47 Å². The van der Waals surface area contributed by atoms with E-state index in [2.05, 4.69) is 6.92 Å². The van der Waals surface area contributed by atoms with Crippen LogP contribution in [0.25, 0.3) is 0 Å². The van der Waals surface area contributed by atoms with Gasteiger partial charge in [-0.15, -0.1) is 0 Å². The molecule has 0 bridgehead atoms. The van der Waals surface area contributed by atoms with Crippen molar-refractivity contribution in [3.63, 3.8) is 0 Å². The third kappa shape index (κ3) is 5.64. The van der Waals surface area contributed by atoms with Gasteiger partial charge in [-0.1, -0.05) is 19.8 Å². The SMILES string of the molecule is CCCCC(CCOc1ccc(OC)cc1)C(=O)O. The number of hydrogen-bond acceptors (Lipinski definition) is 3. The molecule has 0 saturated heterocycles. The van der Waals surface area contributed by atoms with Crippen molar-refractivity contribution in [2.75, 3.05) is 13.7 Å². The second-order valence-corrected chi connectivity index (χ2v) is 4.49. The molecule has 0 aliphatic rings. The number of carboxylic acids is 1. The lowest BCUT2D eigenvalue weighted by Crippen LogP contribution is -2.16. The highest BCUT2D eigenvalue weighted by Crippen LogP contribution is 2.18. The number of carboxylic acid groups (broad SMARTS) is 1. The molecule has 0 saturated carbocycles. The number of carbonyl (C=O) groups is 1. The van der Waals surface area contributed by atoms with Crippen molar-refractivity contribution < 1.29 is 19.4 Å². The third-order valence-corrected chi connectivity index (χ3v) is 3.05. The standard InChI is InChI=1S/C15H22O4/c1-3-4-5-12(15(16)17)10-11-19-14-8-6-13(18-2)7-9-14/h6-9,12H,3-5,10-11H2,1-2H3,(H,16,17). The summed E-state index contributed by atoms with van der Waals surface area (Å²) in [6.45, 7) is 2.49. The topological polar surface area (TPSA) is 55.8 Å². The van der Waals surface area contributed by atoms with Gasteiger partial charge in [0.25, 0.3) is 0 Å². The zero-order chi connectivity index (χ0) is 14.1. The van der Waals surface area contributed by atoms with E-state index in [4.69, 9.17) is 14.6 Å². The molecule has 4 nitrogen and oxygen atoms in total. The van der Waals surface area contributed by atoms with E-state index in [-0.39, 0.29) is 5.92 Å². The van der Waals surface area contributed by atoms with Crippen molar-refractivity contribution in [1.82, 2.24) is 0 Å². The molecule has 0 radical (unpaired) electrons. The Morgan fingerprint density at radius 3 is 2.37 bits per heavy atom. The number of benzene rings is 1. The number of methoxy groups -OCH3 is 1. The minimum Gasteiger partial charge on any atom is -0.497 e. The third-order valence-electron chi connectivity index (χ3n) is 3.05. The summed E-state index contributed by atoms with van der Waals surface area (Å²) in [6, 6.07) is 7.28. The highest BCUT2D eigenvalue weighted by atomic mass is 16.5. The fourth-order valence-electron chi connectivity index (χ4n) is 1.83. The normalized spacial score (nSPS) is 11.9. The van der Waals surface area contributed by atoms with Gasteiger partial charge in [0.15, 0.2) is 0 Å². The molecule has 0 aromatic heterocycles. The fraction of sp³-hybridized carbons (Fsp3) is 0.533. The first-order valence-corrected chi connectivity index (χ1v) is 6.67. The van der Waals surface area contributed by atoms with E-state index in [9.17, 15) is 4.79 Å². The maximum Gasteiger partial charge on any atom is 0.306 e. The number of aliphatic carboxylic acids is 1. The molecule has 0 aliphatic heterocycles. The van der Waals surface area contributed by atoms with E-state index < -0.39 is 5.97 Å². The van der Waals surface area contributed by atoms with Crippen LogP contribution in [-0.2, 0) is 4.79 Å². The lowest BCUT2D eigenvalue weighted by molar-refractivity contribution is -0.142. The summed E-state index contributed by atoms with van der Waals surface area (Å²) in [5, 5.41) is 9.09. The first-order valence-electron chi connectivity index (χ1n) is 6.67. The molecule has 1 rings (SSSR count). The highest BCUT2D eigenvalue weighted by Gasteiger charge is 2.16. The zero-order valence-electron chi connectivity index (χ0n) is 11.6. The molecule has 19 heavy (non-hydrogen) atoms. The lowest BCUT2D eigenvalue weighted by atomic mass is 9.99. The molecule has 1 unspecified atom stereocenters. The van der Waals surface area contributed by atoms with Crippen molar-refractivity contribution in [1.29, 1.82) is 0 Å². The Kier molecular flexibility index (Phi) is 6.79. The molecule has 4 heteroatoms. The molecule has 1 aromatic carbocycles. The average Bonchev–Trinajstić information content (AvgIpc) is 2.43. The van der Waals surface area contributed by atoms with Gasteiger partial charge < -0.3 is 14.6 Å². The van der Waals surface area contributed by atoms with Crippen LogP contribution in [0.15, 0.2) is 24.3 Å². The molecule has 0 spiro atoms. The van der Waals surface area contributed by atoms with Crippen LogP contribution >= 0.6 is 0 Å². The van der Waals surface area contributed by atoms with Crippen molar-refractivity contribution in [3.05, 3.63) is 24.3 Å². The quantitative estimate of drug-likeness (QED) is 0.744. The van der Waals surface area contributed by atoms with Crippen molar-refractivity contribution in [2.24, 2.45) is 5.92 Å². The Morgan fingerprint density at radius 2 is 1.84 bits per heavy atom. The molecular weight excluding hydrogens is 244 g/mol. The Balaban J connectivity index is 2.36. The maximum atomic E-state index is 11.1. The van der Waals surface area contributed by atoms with E-state index in [0.29, 0.717) is 13.0 Å². The van der Waals surface area contributed by atoms with Crippen LogP contribution in [0.4, 0.5) is 0 Å². The van der Waals surface area contributed by atoms with Crippen LogP contribution in [-0.4, -0.2) is 24.8 Å². The predicted octanol–water partition coefficient (Wildman–Crippen LogP) is 3.36. The van der Waals surface area contributed by atoms with Gasteiger partial charge >= 0.3 is 5.97 Å². The first kappa shape index (κ1) is 15.3. The summed E-state index contributed by atoms with van der Waals surface area (Å²) in [5.74, 6) is 0.476. The molecular formula is C15H22O4. The smallest absolute Gasteiger partial charge is 0.306 e. The number of rotatable bonds is 9. The highest BCUT2D eigenvalue weighted by molar-refractivity contribution is 5.69. The summed E-state index contributed by atoms with van der Waals surface area (Å²) >= 11 is 0. The Hall–Kier alpha value is -1.71. The maximum absolute atomic E-state index is 11.1. The van der Waals surface area contributed by atoms with Crippen LogP contribution in [0.5, 0.6) is 11.5 Å². The molecule has 1 aromatic rings. The zero-order valence-corrected chi connectivity index (χ0v) is 11.6. The van der Waals surface area contributed by atoms with E-state index in [1.165, 1.54) is 0 Å². The van der Waals surface area contributed by atoms with Gasteiger partial charge in [0.1, 0.15) is 11.5 Å². The Bertz CT molecular complexity index is 372. The van der Waals surface area contributed by atoms with Crippen LogP contribution in [0.1, 0.15) is 32.6 Å². The van der Waals surface area contributed by atoms with Crippen LogP contribution in [0.3, 0.4) is 0 Å². The molecule has 0 amide bonds. The van der Waals surface area contributed by atoms with E-state index in [1.807, 2.05) is 24.3 Å². The molecule has 1 atom stereocenters. The molecule has 1 N–H and O–H groups in total. The summed E-state index contributed by atoms with van der Waals surface area (Å²) in [5.41, 5.74) is 0. The molecule has 0 heterocycles. The lowest BCUT2D eigenvalue weighted by Gasteiger charge is -2.12. The number of unbranched alkanes of at least 4 members (excludes halogenated alkanes) is 1. The van der Waals surface area contributed by atoms with Gasteiger partial charge in [0, 0.05) is 0 Å². The molecule has 0 fully saturated rings. The van der Waals surface area contributed by atoms with Gasteiger partial charge in [0.2, 0.25) is 0 Å².